The van der Waals surface area contributed by atoms with Gasteiger partial charge < -0.3 is 15.5 Å². The molecule has 2 aliphatic rings. The van der Waals surface area contributed by atoms with Gasteiger partial charge in [0.15, 0.2) is 0 Å². The van der Waals surface area contributed by atoms with Crippen LogP contribution < -0.4 is 15.5 Å². The summed E-state index contributed by atoms with van der Waals surface area (Å²) in [6, 6.07) is 2.80. The van der Waals surface area contributed by atoms with Crippen LogP contribution in [0.2, 0.25) is 0 Å². The van der Waals surface area contributed by atoms with Crippen LogP contribution in [0.3, 0.4) is 0 Å². The van der Waals surface area contributed by atoms with Gasteiger partial charge in [-0.1, -0.05) is 0 Å². The minimum Gasteiger partial charge on any atom is -0.356 e. The van der Waals surface area contributed by atoms with Crippen LogP contribution in [0.1, 0.15) is 50.2 Å². The molecule has 0 bridgehead atoms. The normalized spacial score (nSPS) is 22.8. The number of anilines is 1. The summed E-state index contributed by atoms with van der Waals surface area (Å²) in [4.78, 5) is 22.7. The summed E-state index contributed by atoms with van der Waals surface area (Å²) < 4.78 is 0. The summed E-state index contributed by atoms with van der Waals surface area (Å²) in [7, 11) is 0. The van der Waals surface area contributed by atoms with Crippen molar-refractivity contribution in [3.63, 3.8) is 0 Å². The third-order valence-corrected chi connectivity index (χ3v) is 4.49. The third-order valence-electron chi connectivity index (χ3n) is 4.49. The van der Waals surface area contributed by atoms with Crippen molar-refractivity contribution in [2.24, 2.45) is 0 Å². The van der Waals surface area contributed by atoms with Gasteiger partial charge in [-0.3, -0.25) is 4.79 Å². The number of hydrogen-bond acceptors (Lipinski definition) is 5. The van der Waals surface area contributed by atoms with Gasteiger partial charge >= 0.3 is 0 Å². The number of carbonyl (C=O) groups is 1. The Morgan fingerprint density at radius 1 is 1.32 bits per heavy atom. The fourth-order valence-electron chi connectivity index (χ4n) is 3.39. The lowest BCUT2D eigenvalue weighted by atomic mass is 10.0. The average molecular weight is 303 g/mol. The highest BCUT2D eigenvalue weighted by Crippen LogP contribution is 2.25. The minimum atomic E-state index is 0.0610. The van der Waals surface area contributed by atoms with Gasteiger partial charge in [0.2, 0.25) is 5.91 Å². The Bertz CT molecular complexity index is 533. The fraction of sp³-hybridized carbons (Fsp3) is 0.688. The molecule has 6 nitrogen and oxygen atoms in total. The number of nitrogens with one attached hydrogen (secondary N) is 2. The molecule has 0 aromatic carbocycles. The van der Waals surface area contributed by atoms with Gasteiger partial charge in [-0.25, -0.2) is 9.97 Å². The molecule has 0 saturated carbocycles. The first kappa shape index (κ1) is 15.2. The van der Waals surface area contributed by atoms with Gasteiger partial charge in [-0.15, -0.1) is 0 Å². The van der Waals surface area contributed by atoms with E-state index in [1.807, 2.05) is 6.92 Å². The van der Waals surface area contributed by atoms with E-state index >= 15 is 0 Å². The van der Waals surface area contributed by atoms with E-state index < -0.39 is 0 Å². The van der Waals surface area contributed by atoms with Crippen LogP contribution in [0.25, 0.3) is 0 Å². The van der Waals surface area contributed by atoms with Crippen LogP contribution >= 0.6 is 0 Å². The van der Waals surface area contributed by atoms with Gasteiger partial charge in [0.25, 0.3) is 0 Å². The molecular weight excluding hydrogens is 278 g/mol. The molecule has 0 aliphatic carbocycles. The standard InChI is InChI=1S/C16H25N5O/c1-11-18-15(14-4-3-7-17-14)10-16(19-11)21-8-5-13(6-9-21)20-12(2)22/h10,13-14,17H,3-9H2,1-2H3,(H,20,22)/t14-/m1/s1. The zero-order valence-corrected chi connectivity index (χ0v) is 13.4. The zero-order chi connectivity index (χ0) is 15.5. The molecule has 2 aliphatic heterocycles. The quantitative estimate of drug-likeness (QED) is 0.881. The molecule has 22 heavy (non-hydrogen) atoms. The molecule has 1 atom stereocenters. The molecule has 0 unspecified atom stereocenters. The summed E-state index contributed by atoms with van der Waals surface area (Å²) in [6.45, 7) is 6.48. The largest absolute Gasteiger partial charge is 0.356 e. The molecule has 2 N–H and O–H groups in total. The number of hydrogen-bond donors (Lipinski definition) is 2. The van der Waals surface area contributed by atoms with Crippen molar-refractivity contribution < 1.29 is 4.79 Å². The lowest BCUT2D eigenvalue weighted by Gasteiger charge is -2.33. The van der Waals surface area contributed by atoms with E-state index in [2.05, 4.69) is 31.6 Å². The number of amides is 1. The lowest BCUT2D eigenvalue weighted by molar-refractivity contribution is -0.119. The van der Waals surface area contributed by atoms with Crippen LogP contribution in [0.4, 0.5) is 5.82 Å². The van der Waals surface area contributed by atoms with Crippen LogP contribution in [0.5, 0.6) is 0 Å². The summed E-state index contributed by atoms with van der Waals surface area (Å²) in [5.41, 5.74) is 1.11. The molecule has 3 heterocycles. The van der Waals surface area contributed by atoms with Gasteiger partial charge in [0.05, 0.1) is 5.69 Å². The summed E-state index contributed by atoms with van der Waals surface area (Å²) in [6.07, 6.45) is 4.31. The van der Waals surface area contributed by atoms with Crippen molar-refractivity contribution in [3.8, 4) is 0 Å². The molecule has 1 aromatic heterocycles. The maximum absolute atomic E-state index is 11.1. The Balaban J connectivity index is 1.68. The summed E-state index contributed by atoms with van der Waals surface area (Å²) >= 11 is 0. The van der Waals surface area contributed by atoms with Crippen LogP contribution in [-0.4, -0.2) is 41.6 Å². The molecule has 120 valence electrons. The predicted octanol–water partition coefficient (Wildman–Crippen LogP) is 1.31. The SMILES string of the molecule is CC(=O)NC1CCN(c2cc([C@H]3CCCN3)nc(C)n2)CC1. The first-order chi connectivity index (χ1) is 10.6. The molecule has 0 spiro atoms. The lowest BCUT2D eigenvalue weighted by Crippen LogP contribution is -2.44. The summed E-state index contributed by atoms with van der Waals surface area (Å²) in [5.74, 6) is 1.92. The first-order valence-electron chi connectivity index (χ1n) is 8.23. The number of carbonyl (C=O) groups excluding carboxylic acids is 1. The number of aromatic nitrogens is 2. The molecule has 1 amide bonds. The van der Waals surface area contributed by atoms with E-state index in [0.717, 1.165) is 56.2 Å². The zero-order valence-electron chi connectivity index (χ0n) is 13.4. The predicted molar refractivity (Wildman–Crippen MR) is 85.8 cm³/mol. The van der Waals surface area contributed by atoms with E-state index in [-0.39, 0.29) is 5.91 Å². The van der Waals surface area contributed by atoms with Crippen molar-refractivity contribution in [2.45, 2.75) is 51.6 Å². The second-order valence-electron chi connectivity index (χ2n) is 6.31. The highest BCUT2D eigenvalue weighted by Gasteiger charge is 2.23. The number of nitrogens with zero attached hydrogens (tertiary/aromatic N) is 3. The van der Waals surface area contributed by atoms with Gasteiger partial charge in [0.1, 0.15) is 11.6 Å². The smallest absolute Gasteiger partial charge is 0.217 e. The van der Waals surface area contributed by atoms with Gasteiger partial charge in [0, 0.05) is 38.2 Å². The Morgan fingerprint density at radius 2 is 2.09 bits per heavy atom. The van der Waals surface area contributed by atoms with Crippen molar-refractivity contribution in [2.75, 3.05) is 24.5 Å². The molecule has 2 fully saturated rings. The molecule has 6 heteroatoms. The first-order valence-corrected chi connectivity index (χ1v) is 8.23. The van der Waals surface area contributed by atoms with Gasteiger partial charge in [-0.05, 0) is 39.2 Å². The molecule has 3 rings (SSSR count). The number of rotatable bonds is 3. The van der Waals surface area contributed by atoms with E-state index in [1.165, 1.54) is 6.42 Å². The van der Waals surface area contributed by atoms with E-state index in [9.17, 15) is 4.79 Å². The van der Waals surface area contributed by atoms with Gasteiger partial charge in [-0.2, -0.15) is 0 Å². The van der Waals surface area contributed by atoms with E-state index in [0.29, 0.717) is 12.1 Å². The molecule has 1 aromatic rings. The fourth-order valence-corrected chi connectivity index (χ4v) is 3.39. The maximum Gasteiger partial charge on any atom is 0.217 e. The van der Waals surface area contributed by atoms with Crippen molar-refractivity contribution in [1.29, 1.82) is 0 Å². The molecule has 2 saturated heterocycles. The van der Waals surface area contributed by atoms with Crippen LogP contribution in [-0.2, 0) is 4.79 Å². The van der Waals surface area contributed by atoms with Crippen molar-refractivity contribution in [1.82, 2.24) is 20.6 Å². The highest BCUT2D eigenvalue weighted by molar-refractivity contribution is 5.73. The second-order valence-corrected chi connectivity index (χ2v) is 6.31. The Hall–Kier alpha value is -1.69. The number of aryl methyl sites for hydroxylation is 1. The second kappa shape index (κ2) is 6.60. The molecular formula is C16H25N5O. The topological polar surface area (TPSA) is 70.2 Å². The summed E-state index contributed by atoms with van der Waals surface area (Å²) in [5, 5.41) is 6.52. The van der Waals surface area contributed by atoms with Crippen molar-refractivity contribution in [3.05, 3.63) is 17.6 Å². The van der Waals surface area contributed by atoms with E-state index in [4.69, 9.17) is 0 Å². The van der Waals surface area contributed by atoms with Crippen molar-refractivity contribution >= 4 is 11.7 Å². The Labute approximate surface area is 131 Å². The third kappa shape index (κ3) is 3.55. The minimum absolute atomic E-state index is 0.0610. The highest BCUT2D eigenvalue weighted by atomic mass is 16.1. The number of piperidine rings is 1. The van der Waals surface area contributed by atoms with E-state index in [1.54, 1.807) is 6.92 Å². The Morgan fingerprint density at radius 3 is 2.73 bits per heavy atom. The Kier molecular flexibility index (Phi) is 4.57. The monoisotopic (exact) mass is 303 g/mol. The maximum atomic E-state index is 11.1. The average Bonchev–Trinajstić information content (AvgIpc) is 3.01. The molecule has 0 radical (unpaired) electrons. The van der Waals surface area contributed by atoms with Crippen LogP contribution in [0, 0.1) is 6.92 Å². The van der Waals surface area contributed by atoms with Crippen LogP contribution in [0.15, 0.2) is 6.07 Å².